The predicted octanol–water partition coefficient (Wildman–Crippen LogP) is -0.111. The third-order valence-electron chi connectivity index (χ3n) is 2.87. The molecule has 0 aliphatic carbocycles. The Morgan fingerprint density at radius 2 is 1.65 bits per heavy atom. The van der Waals surface area contributed by atoms with Crippen LogP contribution in [0, 0.1) is 10.1 Å². The fourth-order valence-electron chi connectivity index (χ4n) is 1.91. The van der Waals surface area contributed by atoms with Gasteiger partial charge in [0.2, 0.25) is 6.54 Å². The highest BCUT2D eigenvalue weighted by atomic mass is 16.8. The highest BCUT2D eigenvalue weighted by Crippen LogP contribution is 2.33. The number of hydrogen-bond donors (Lipinski definition) is 0. The van der Waals surface area contributed by atoms with Crippen molar-refractivity contribution in [1.29, 1.82) is 0 Å². The Morgan fingerprint density at radius 3 is 2.00 bits per heavy atom. The third kappa shape index (κ3) is 3.87. The van der Waals surface area contributed by atoms with E-state index in [4.69, 9.17) is 9.47 Å². The van der Waals surface area contributed by atoms with Gasteiger partial charge in [0.25, 0.3) is 0 Å². The van der Waals surface area contributed by atoms with Gasteiger partial charge in [0.1, 0.15) is 0 Å². The second-order valence-corrected chi connectivity index (χ2v) is 4.42. The van der Waals surface area contributed by atoms with Crippen LogP contribution >= 0.6 is 0 Å². The summed E-state index contributed by atoms with van der Waals surface area (Å²) >= 11 is 0. The van der Waals surface area contributed by atoms with Crippen LogP contribution in [0.2, 0.25) is 0 Å². The molecule has 0 aromatic carbocycles. The van der Waals surface area contributed by atoms with E-state index in [0.29, 0.717) is 0 Å². The van der Waals surface area contributed by atoms with Crippen LogP contribution in [0.15, 0.2) is 0 Å². The minimum atomic E-state index is -1.27. The first-order valence-corrected chi connectivity index (χ1v) is 5.96. The lowest BCUT2D eigenvalue weighted by molar-refractivity contribution is -0.481. The smallest absolute Gasteiger partial charge is 0.338 e. The van der Waals surface area contributed by atoms with Gasteiger partial charge in [-0.2, -0.15) is 0 Å². The molecule has 0 N–H and O–H groups in total. The molecule has 9 nitrogen and oxygen atoms in total. The van der Waals surface area contributed by atoms with E-state index in [1.807, 2.05) is 0 Å². The molecule has 9 heteroatoms. The lowest BCUT2D eigenvalue weighted by Crippen LogP contribution is -2.38. The normalized spacial score (nSPS) is 24.1. The quantitative estimate of drug-likeness (QED) is 0.378. The zero-order chi connectivity index (χ0) is 15.3. The van der Waals surface area contributed by atoms with Crippen molar-refractivity contribution in [2.75, 3.05) is 20.8 Å². The summed E-state index contributed by atoms with van der Waals surface area (Å²) < 4.78 is 19.9. The van der Waals surface area contributed by atoms with E-state index >= 15 is 0 Å². The molecular weight excluding hydrogens is 274 g/mol. The Hall–Kier alpha value is -1.74. The van der Waals surface area contributed by atoms with E-state index in [1.165, 1.54) is 6.92 Å². The molecule has 1 rings (SSSR count). The number of ether oxygens (including phenoxy) is 4. The first kappa shape index (κ1) is 16.3. The highest BCUT2D eigenvalue weighted by Gasteiger charge is 2.52. The van der Waals surface area contributed by atoms with Crippen molar-refractivity contribution in [3.05, 3.63) is 10.1 Å². The van der Waals surface area contributed by atoms with Crippen molar-refractivity contribution < 1.29 is 33.5 Å². The van der Waals surface area contributed by atoms with Gasteiger partial charge >= 0.3 is 11.9 Å². The van der Waals surface area contributed by atoms with Crippen LogP contribution in [0.5, 0.6) is 0 Å². The van der Waals surface area contributed by atoms with Gasteiger partial charge in [-0.15, -0.1) is 0 Å². The standard InChI is InChI=1S/C11H17NO8/c1-11(5-4-6-12(15)16)19-7(9(13)17-2)8(20-11)10(14)18-3/h7-8H,4-6H2,1-3H3/t7-,8-/m1/s1. The highest BCUT2D eigenvalue weighted by molar-refractivity contribution is 5.86. The minimum Gasteiger partial charge on any atom is -0.467 e. The second kappa shape index (κ2) is 6.62. The lowest BCUT2D eigenvalue weighted by Gasteiger charge is -2.21. The van der Waals surface area contributed by atoms with Crippen molar-refractivity contribution >= 4 is 11.9 Å². The fraction of sp³-hybridized carbons (Fsp3) is 0.818. The summed E-state index contributed by atoms with van der Waals surface area (Å²) in [7, 11) is 2.31. The molecule has 0 radical (unpaired) electrons. The Kier molecular flexibility index (Phi) is 5.40. The summed E-state index contributed by atoms with van der Waals surface area (Å²) in [5.74, 6) is -2.80. The minimum absolute atomic E-state index is 0.162. The molecule has 0 aromatic rings. The molecule has 1 fully saturated rings. The number of nitrogens with zero attached hydrogens (tertiary/aromatic N) is 1. The monoisotopic (exact) mass is 291 g/mol. The molecule has 2 atom stereocenters. The predicted molar refractivity (Wildman–Crippen MR) is 63.3 cm³/mol. The van der Waals surface area contributed by atoms with Crippen LogP contribution < -0.4 is 0 Å². The summed E-state index contributed by atoms with van der Waals surface area (Å²) in [5.41, 5.74) is 0. The molecular formula is C11H17NO8. The Labute approximate surface area is 115 Å². The maximum Gasteiger partial charge on any atom is 0.338 e. The number of carbonyl (C=O) groups excluding carboxylic acids is 2. The summed E-state index contributed by atoms with van der Waals surface area (Å²) in [6.07, 6.45) is -2.14. The third-order valence-corrected chi connectivity index (χ3v) is 2.87. The molecule has 114 valence electrons. The van der Waals surface area contributed by atoms with Crippen molar-refractivity contribution in [2.24, 2.45) is 0 Å². The molecule has 0 unspecified atom stereocenters. The Morgan fingerprint density at radius 1 is 1.20 bits per heavy atom. The van der Waals surface area contributed by atoms with E-state index in [1.54, 1.807) is 0 Å². The van der Waals surface area contributed by atoms with Crippen molar-refractivity contribution in [3.8, 4) is 0 Å². The summed E-state index contributed by atoms with van der Waals surface area (Å²) in [6, 6.07) is 0. The zero-order valence-corrected chi connectivity index (χ0v) is 11.5. The number of methoxy groups -OCH3 is 2. The average Bonchev–Trinajstić information content (AvgIpc) is 2.75. The SMILES string of the molecule is COC(=O)[C@@H]1OC(C)(CCC[N+](=O)[O-])O[C@H]1C(=O)OC. The van der Waals surface area contributed by atoms with Crippen LogP contribution in [0.1, 0.15) is 19.8 Å². The van der Waals surface area contributed by atoms with Gasteiger partial charge in [-0.25, -0.2) is 9.59 Å². The van der Waals surface area contributed by atoms with E-state index in [-0.39, 0.29) is 19.4 Å². The van der Waals surface area contributed by atoms with E-state index < -0.39 is 34.9 Å². The van der Waals surface area contributed by atoms with Gasteiger partial charge in [-0.1, -0.05) is 0 Å². The summed E-state index contributed by atoms with van der Waals surface area (Å²) in [4.78, 5) is 33.0. The van der Waals surface area contributed by atoms with Gasteiger partial charge < -0.3 is 18.9 Å². The number of carbonyl (C=O) groups is 2. The van der Waals surface area contributed by atoms with Gasteiger partial charge in [-0.05, 0) is 6.92 Å². The zero-order valence-electron chi connectivity index (χ0n) is 11.5. The largest absolute Gasteiger partial charge is 0.467 e. The van der Waals surface area contributed by atoms with E-state index in [9.17, 15) is 19.7 Å². The molecule has 0 amide bonds. The van der Waals surface area contributed by atoms with Crippen LogP contribution in [-0.2, 0) is 28.5 Å². The molecule has 0 saturated carbocycles. The molecule has 1 saturated heterocycles. The van der Waals surface area contributed by atoms with Crippen molar-refractivity contribution in [2.45, 2.75) is 37.8 Å². The van der Waals surface area contributed by atoms with Gasteiger partial charge in [0, 0.05) is 17.8 Å². The number of nitro groups is 1. The molecule has 1 aliphatic rings. The topological polar surface area (TPSA) is 114 Å². The van der Waals surface area contributed by atoms with E-state index in [2.05, 4.69) is 9.47 Å². The number of hydrogen-bond acceptors (Lipinski definition) is 8. The maximum absolute atomic E-state index is 11.6. The molecule has 0 spiro atoms. The Bertz CT molecular complexity index is 372. The summed E-state index contributed by atoms with van der Waals surface area (Å²) in [6.45, 7) is 1.25. The first-order valence-electron chi connectivity index (χ1n) is 5.96. The van der Waals surface area contributed by atoms with Crippen LogP contribution in [0.3, 0.4) is 0 Å². The fourth-order valence-corrected chi connectivity index (χ4v) is 1.91. The Balaban J connectivity index is 2.74. The molecule has 0 aromatic heterocycles. The van der Waals surface area contributed by atoms with Crippen molar-refractivity contribution in [3.63, 3.8) is 0 Å². The van der Waals surface area contributed by atoms with Gasteiger partial charge in [-0.3, -0.25) is 10.1 Å². The van der Waals surface area contributed by atoms with Gasteiger partial charge in [0.05, 0.1) is 14.2 Å². The maximum atomic E-state index is 11.6. The number of esters is 2. The average molecular weight is 291 g/mol. The molecule has 1 heterocycles. The van der Waals surface area contributed by atoms with Crippen LogP contribution in [0.4, 0.5) is 0 Å². The lowest BCUT2D eigenvalue weighted by atomic mass is 10.2. The molecule has 20 heavy (non-hydrogen) atoms. The first-order chi connectivity index (χ1) is 9.33. The van der Waals surface area contributed by atoms with Crippen LogP contribution in [-0.4, -0.2) is 55.6 Å². The molecule has 1 aliphatic heterocycles. The van der Waals surface area contributed by atoms with E-state index in [0.717, 1.165) is 14.2 Å². The molecule has 0 bridgehead atoms. The van der Waals surface area contributed by atoms with Gasteiger partial charge in [0.15, 0.2) is 18.0 Å². The number of rotatable bonds is 6. The van der Waals surface area contributed by atoms with Crippen LogP contribution in [0.25, 0.3) is 0 Å². The second-order valence-electron chi connectivity index (χ2n) is 4.42. The van der Waals surface area contributed by atoms with Crippen molar-refractivity contribution in [1.82, 2.24) is 0 Å². The summed E-state index contributed by atoms with van der Waals surface area (Å²) in [5, 5.41) is 10.3.